The highest BCUT2D eigenvalue weighted by Gasteiger charge is 2.46. The van der Waals surface area contributed by atoms with Crippen LogP contribution in [0.25, 0.3) is 0 Å². The lowest BCUT2D eigenvalue weighted by Gasteiger charge is -2.15. The highest BCUT2D eigenvalue weighted by atomic mass is 35.5. The average Bonchev–Trinajstić information content (AvgIpc) is 2.99. The highest BCUT2D eigenvalue weighted by Crippen LogP contribution is 2.38. The van der Waals surface area contributed by atoms with Crippen LogP contribution in [0.4, 0.5) is 18.9 Å². The first kappa shape index (κ1) is 24.2. The summed E-state index contributed by atoms with van der Waals surface area (Å²) in [5, 5.41) is 11.0. The zero-order valence-electron chi connectivity index (χ0n) is 16.9. The molecule has 0 saturated heterocycles. The lowest BCUT2D eigenvalue weighted by molar-refractivity contribution is -0.385. The van der Waals surface area contributed by atoms with Gasteiger partial charge >= 0.3 is 6.18 Å². The van der Waals surface area contributed by atoms with E-state index in [0.717, 1.165) is 30.3 Å². The highest BCUT2D eigenvalue weighted by molar-refractivity contribution is 7.90. The van der Waals surface area contributed by atoms with Crippen molar-refractivity contribution in [3.63, 3.8) is 0 Å². The summed E-state index contributed by atoms with van der Waals surface area (Å²) in [7, 11) is -4.64. The first-order valence-corrected chi connectivity index (χ1v) is 11.2. The second-order valence-electron chi connectivity index (χ2n) is 7.06. The maximum absolute atomic E-state index is 13.1. The predicted octanol–water partition coefficient (Wildman–Crippen LogP) is 5.04. The van der Waals surface area contributed by atoms with Crippen molar-refractivity contribution in [3.05, 3.63) is 92.5 Å². The second kappa shape index (κ2) is 8.36. The number of imide groups is 1. The van der Waals surface area contributed by atoms with Crippen molar-refractivity contribution >= 4 is 39.1 Å². The van der Waals surface area contributed by atoms with Gasteiger partial charge in [-0.15, -0.1) is 0 Å². The van der Waals surface area contributed by atoms with E-state index in [2.05, 4.69) is 0 Å². The number of hydrogen-bond donors (Lipinski definition) is 0. The Labute approximate surface area is 199 Å². The first-order valence-electron chi connectivity index (χ1n) is 9.38. The average molecular weight is 527 g/mol. The van der Waals surface area contributed by atoms with E-state index in [1.807, 2.05) is 0 Å². The molecule has 0 unspecified atom stereocenters. The molecule has 35 heavy (non-hydrogen) atoms. The van der Waals surface area contributed by atoms with E-state index >= 15 is 0 Å². The molecule has 0 radical (unpaired) electrons. The van der Waals surface area contributed by atoms with Gasteiger partial charge in [-0.3, -0.25) is 19.7 Å². The zero-order chi connectivity index (χ0) is 25.7. The van der Waals surface area contributed by atoms with Gasteiger partial charge < -0.3 is 4.74 Å². The van der Waals surface area contributed by atoms with Gasteiger partial charge in [0.2, 0.25) is 0 Å². The smallest absolute Gasteiger partial charge is 0.416 e. The van der Waals surface area contributed by atoms with Gasteiger partial charge in [-0.25, -0.2) is 8.42 Å². The van der Waals surface area contributed by atoms with Gasteiger partial charge in [0.05, 0.1) is 21.1 Å². The van der Waals surface area contributed by atoms with Gasteiger partial charge in [-0.05, 0) is 36.4 Å². The summed E-state index contributed by atoms with van der Waals surface area (Å²) < 4.78 is 69.4. The number of hydrogen-bond acceptors (Lipinski definition) is 7. The van der Waals surface area contributed by atoms with Crippen molar-refractivity contribution < 1.29 is 40.8 Å². The number of nitro groups is 1. The molecule has 1 aliphatic heterocycles. The molecule has 1 heterocycles. The standard InChI is InChI=1S/C21H10ClF3N2O7S/c22-15-9-11(21(23,24)25)5-8-17(15)34-12-6-7-16(27(30)31)14(10-12)20(29)26-19(28)13-3-1-2-4-18(13)35(26,32)33/h1-10H. The monoisotopic (exact) mass is 526 g/mol. The molecule has 0 aromatic heterocycles. The molecule has 3 aromatic carbocycles. The fourth-order valence-electron chi connectivity index (χ4n) is 3.29. The third-order valence-corrected chi connectivity index (χ3v) is 6.91. The number of amides is 2. The number of nitro benzene ring substituents is 1. The number of ether oxygens (including phenoxy) is 1. The summed E-state index contributed by atoms with van der Waals surface area (Å²) in [4.78, 5) is 35.8. The van der Waals surface area contributed by atoms with Crippen LogP contribution in [0.15, 0.2) is 65.6 Å². The van der Waals surface area contributed by atoms with E-state index in [0.29, 0.717) is 12.1 Å². The molecular formula is C21H10ClF3N2O7S. The van der Waals surface area contributed by atoms with Crippen LogP contribution in [0.3, 0.4) is 0 Å². The van der Waals surface area contributed by atoms with Gasteiger partial charge in [-0.1, -0.05) is 23.7 Å². The van der Waals surface area contributed by atoms with Crippen LogP contribution in [-0.4, -0.2) is 29.5 Å². The van der Waals surface area contributed by atoms with Crippen LogP contribution in [0.2, 0.25) is 5.02 Å². The Hall–Kier alpha value is -3.97. The maximum Gasteiger partial charge on any atom is 0.416 e. The normalized spacial score (nSPS) is 14.5. The van der Waals surface area contributed by atoms with Crippen molar-refractivity contribution in [2.45, 2.75) is 11.1 Å². The number of carbonyl (C=O) groups excluding carboxylic acids is 2. The summed E-state index contributed by atoms with van der Waals surface area (Å²) in [6, 6.07) is 9.83. The van der Waals surface area contributed by atoms with Crippen LogP contribution < -0.4 is 4.74 Å². The Kier molecular flexibility index (Phi) is 5.77. The molecule has 14 heteroatoms. The second-order valence-corrected chi connectivity index (χ2v) is 9.22. The van der Waals surface area contributed by atoms with E-state index < -0.39 is 59.7 Å². The molecule has 0 fully saturated rings. The third-order valence-electron chi connectivity index (χ3n) is 4.89. The number of rotatable bonds is 4. The first-order chi connectivity index (χ1) is 16.3. The molecule has 0 bridgehead atoms. The lowest BCUT2D eigenvalue weighted by Crippen LogP contribution is -2.36. The molecular weight excluding hydrogens is 517 g/mol. The molecule has 0 N–H and O–H groups in total. The summed E-state index contributed by atoms with van der Waals surface area (Å²) in [5.41, 5.74) is -2.97. The minimum atomic E-state index is -4.67. The van der Waals surface area contributed by atoms with Crippen molar-refractivity contribution in [3.8, 4) is 11.5 Å². The number of benzene rings is 3. The molecule has 0 aliphatic carbocycles. The van der Waals surface area contributed by atoms with Gasteiger partial charge in [0.15, 0.2) is 0 Å². The van der Waals surface area contributed by atoms with Crippen LogP contribution >= 0.6 is 11.6 Å². The van der Waals surface area contributed by atoms with E-state index in [9.17, 15) is 41.3 Å². The van der Waals surface area contributed by atoms with Crippen molar-refractivity contribution in [1.82, 2.24) is 4.31 Å². The number of nitrogens with zero attached hydrogens (tertiary/aromatic N) is 2. The quantitative estimate of drug-likeness (QED) is 0.265. The molecule has 0 saturated carbocycles. The fraction of sp³-hybridized carbons (Fsp3) is 0.0476. The lowest BCUT2D eigenvalue weighted by atomic mass is 10.1. The van der Waals surface area contributed by atoms with E-state index in [4.69, 9.17) is 16.3 Å². The summed E-state index contributed by atoms with van der Waals surface area (Å²) >= 11 is 5.85. The number of fused-ring (bicyclic) bond motifs is 1. The molecule has 3 aromatic rings. The van der Waals surface area contributed by atoms with Crippen LogP contribution in [-0.2, 0) is 16.2 Å². The molecule has 1 aliphatic rings. The van der Waals surface area contributed by atoms with Gasteiger partial charge in [0.25, 0.3) is 27.5 Å². The Morgan fingerprint density at radius 1 is 1.06 bits per heavy atom. The third kappa shape index (κ3) is 4.19. The number of sulfonamides is 1. The Morgan fingerprint density at radius 2 is 1.74 bits per heavy atom. The fourth-order valence-corrected chi connectivity index (χ4v) is 5.02. The van der Waals surface area contributed by atoms with Crippen LogP contribution in [0.5, 0.6) is 11.5 Å². The van der Waals surface area contributed by atoms with E-state index in [1.165, 1.54) is 18.2 Å². The topological polar surface area (TPSA) is 124 Å². The summed E-state index contributed by atoms with van der Waals surface area (Å²) in [6.07, 6.45) is -4.67. The molecule has 0 spiro atoms. The van der Waals surface area contributed by atoms with Gasteiger partial charge in [0.1, 0.15) is 22.0 Å². The zero-order valence-corrected chi connectivity index (χ0v) is 18.5. The number of carbonyl (C=O) groups is 2. The maximum atomic E-state index is 13.1. The largest absolute Gasteiger partial charge is 0.456 e. The SMILES string of the molecule is O=C(c1cc(Oc2ccc(C(F)(F)F)cc2Cl)ccc1[N+](=O)[O-])N1C(=O)c2ccccc2S1(=O)=O. The molecule has 0 atom stereocenters. The van der Waals surface area contributed by atoms with Crippen LogP contribution in [0, 0.1) is 10.1 Å². The molecule has 2 amide bonds. The number of halogens is 4. The number of alkyl halides is 3. The Morgan fingerprint density at radius 3 is 2.34 bits per heavy atom. The van der Waals surface area contributed by atoms with Gasteiger partial charge in [-0.2, -0.15) is 17.5 Å². The summed E-state index contributed by atoms with van der Waals surface area (Å²) in [5.74, 6) is -3.27. The molecule has 180 valence electrons. The Bertz CT molecular complexity index is 1520. The van der Waals surface area contributed by atoms with E-state index in [-0.39, 0.29) is 21.4 Å². The minimum absolute atomic E-state index is 0.0884. The van der Waals surface area contributed by atoms with Crippen LogP contribution in [0.1, 0.15) is 26.3 Å². The Balaban J connectivity index is 1.75. The van der Waals surface area contributed by atoms with Crippen molar-refractivity contribution in [2.24, 2.45) is 0 Å². The van der Waals surface area contributed by atoms with E-state index in [1.54, 1.807) is 0 Å². The van der Waals surface area contributed by atoms with Gasteiger partial charge in [0, 0.05) is 12.1 Å². The summed E-state index contributed by atoms with van der Waals surface area (Å²) in [6.45, 7) is 0. The van der Waals surface area contributed by atoms with Crippen molar-refractivity contribution in [1.29, 1.82) is 0 Å². The molecule has 4 rings (SSSR count). The van der Waals surface area contributed by atoms with Crippen molar-refractivity contribution in [2.75, 3.05) is 0 Å². The minimum Gasteiger partial charge on any atom is -0.456 e. The molecule has 9 nitrogen and oxygen atoms in total. The predicted molar refractivity (Wildman–Crippen MR) is 114 cm³/mol.